The topological polar surface area (TPSA) is 53.0 Å². The van der Waals surface area contributed by atoms with Crippen molar-refractivity contribution in [3.63, 3.8) is 0 Å². The van der Waals surface area contributed by atoms with Gasteiger partial charge in [-0.1, -0.05) is 23.8 Å². The number of likely N-dealkylation sites (tertiary alicyclic amines) is 1. The molecule has 27 heavy (non-hydrogen) atoms. The lowest BCUT2D eigenvalue weighted by atomic mass is 10.00. The maximum Gasteiger partial charge on any atom is 0.253 e. The van der Waals surface area contributed by atoms with Gasteiger partial charge in [0, 0.05) is 30.9 Å². The van der Waals surface area contributed by atoms with Crippen molar-refractivity contribution in [3.05, 3.63) is 59.4 Å². The smallest absolute Gasteiger partial charge is 0.253 e. The molecule has 2 aliphatic heterocycles. The molecule has 1 atom stereocenters. The van der Waals surface area contributed by atoms with Crippen LogP contribution in [0.2, 0.25) is 0 Å². The van der Waals surface area contributed by atoms with Gasteiger partial charge in [0.15, 0.2) is 0 Å². The van der Waals surface area contributed by atoms with Crippen LogP contribution in [0.1, 0.15) is 17.5 Å². The van der Waals surface area contributed by atoms with Gasteiger partial charge in [-0.25, -0.2) is 4.39 Å². The molecule has 1 spiro atoms. The minimum atomic E-state index is -0.459. The quantitative estimate of drug-likeness (QED) is 0.903. The number of benzene rings is 2. The number of aromatic hydroxyl groups is 1. The number of hydrogen-bond donors (Lipinski definition) is 1. The summed E-state index contributed by atoms with van der Waals surface area (Å²) in [6.45, 7) is 4.53. The Hall–Kier alpha value is -2.44. The molecule has 2 heterocycles. The first-order chi connectivity index (χ1) is 12.9. The molecule has 2 fully saturated rings. The first-order valence-electron chi connectivity index (χ1n) is 9.15. The lowest BCUT2D eigenvalue weighted by molar-refractivity contribution is -0.137. The van der Waals surface area contributed by atoms with E-state index in [2.05, 4.69) is 4.90 Å². The zero-order chi connectivity index (χ0) is 19.0. The zero-order valence-corrected chi connectivity index (χ0v) is 15.3. The van der Waals surface area contributed by atoms with E-state index in [0.717, 1.165) is 24.1 Å². The number of anilines is 1. The summed E-state index contributed by atoms with van der Waals surface area (Å²) in [6, 6.07) is 11.7. The minimum Gasteiger partial charge on any atom is -0.508 e. The molecule has 0 aliphatic carbocycles. The third kappa shape index (κ3) is 3.68. The second kappa shape index (κ2) is 6.94. The van der Waals surface area contributed by atoms with Crippen molar-refractivity contribution in [2.75, 3.05) is 31.1 Å². The molecule has 4 rings (SSSR count). The maximum absolute atomic E-state index is 13.6. The van der Waals surface area contributed by atoms with Crippen LogP contribution in [0.4, 0.5) is 10.1 Å². The minimum absolute atomic E-state index is 0.0000481. The van der Waals surface area contributed by atoms with E-state index in [-0.39, 0.29) is 18.3 Å². The molecule has 0 saturated carbocycles. The maximum atomic E-state index is 13.6. The van der Waals surface area contributed by atoms with Crippen molar-refractivity contribution in [3.8, 4) is 5.75 Å². The van der Waals surface area contributed by atoms with E-state index in [9.17, 15) is 14.3 Å². The van der Waals surface area contributed by atoms with Gasteiger partial charge in [-0.2, -0.15) is 0 Å². The molecule has 0 bridgehead atoms. The Morgan fingerprint density at radius 3 is 2.89 bits per heavy atom. The van der Waals surface area contributed by atoms with Crippen LogP contribution in [-0.2, 0) is 16.1 Å². The van der Waals surface area contributed by atoms with Gasteiger partial charge >= 0.3 is 0 Å². The Morgan fingerprint density at radius 1 is 1.22 bits per heavy atom. The van der Waals surface area contributed by atoms with Crippen LogP contribution < -0.4 is 4.90 Å². The van der Waals surface area contributed by atoms with Gasteiger partial charge in [-0.15, -0.1) is 0 Å². The summed E-state index contributed by atoms with van der Waals surface area (Å²) in [5.74, 6) is -0.215. The van der Waals surface area contributed by atoms with E-state index in [1.165, 1.54) is 12.1 Å². The molecule has 2 aliphatic rings. The number of rotatable bonds is 3. The number of carbonyl (C=O) groups excluding carboxylic acids is 1. The normalized spacial score (nSPS) is 23.3. The van der Waals surface area contributed by atoms with Crippen LogP contribution in [0.15, 0.2) is 42.5 Å². The summed E-state index contributed by atoms with van der Waals surface area (Å²) < 4.78 is 19.5. The van der Waals surface area contributed by atoms with Gasteiger partial charge in [0.2, 0.25) is 0 Å². The number of amides is 1. The highest BCUT2D eigenvalue weighted by Gasteiger charge is 2.45. The SMILES string of the molecule is Cc1ccc(O)c(CN2CCC3(C2)CN(c2cccc(F)c2)C(=O)CO3)c1. The molecule has 0 aromatic heterocycles. The second-order valence-corrected chi connectivity index (χ2v) is 7.52. The molecular weight excluding hydrogens is 347 g/mol. The predicted octanol–water partition coefficient (Wildman–Crippen LogP) is 2.85. The fourth-order valence-electron chi connectivity index (χ4n) is 3.99. The summed E-state index contributed by atoms with van der Waals surface area (Å²) >= 11 is 0. The predicted molar refractivity (Wildman–Crippen MR) is 100 cm³/mol. The molecule has 1 N–H and O–H groups in total. The van der Waals surface area contributed by atoms with Crippen LogP contribution in [0.25, 0.3) is 0 Å². The van der Waals surface area contributed by atoms with Crippen LogP contribution in [0.5, 0.6) is 5.75 Å². The van der Waals surface area contributed by atoms with E-state index in [0.29, 0.717) is 31.1 Å². The van der Waals surface area contributed by atoms with Crippen molar-refractivity contribution in [1.82, 2.24) is 4.90 Å². The van der Waals surface area contributed by atoms with Crippen LogP contribution >= 0.6 is 0 Å². The number of hydrogen-bond acceptors (Lipinski definition) is 4. The van der Waals surface area contributed by atoms with E-state index in [4.69, 9.17) is 4.74 Å². The number of nitrogens with zero attached hydrogens (tertiary/aromatic N) is 2. The van der Waals surface area contributed by atoms with Crippen molar-refractivity contribution < 1.29 is 19.0 Å². The third-order valence-corrected chi connectivity index (χ3v) is 5.39. The first-order valence-corrected chi connectivity index (χ1v) is 9.15. The highest BCUT2D eigenvalue weighted by atomic mass is 19.1. The molecule has 6 heteroatoms. The van der Waals surface area contributed by atoms with E-state index in [1.54, 1.807) is 23.1 Å². The van der Waals surface area contributed by atoms with Crippen molar-refractivity contribution >= 4 is 11.6 Å². The summed E-state index contributed by atoms with van der Waals surface area (Å²) in [5.41, 5.74) is 2.10. The Morgan fingerprint density at radius 2 is 2.07 bits per heavy atom. The molecule has 1 amide bonds. The molecule has 142 valence electrons. The highest BCUT2D eigenvalue weighted by molar-refractivity contribution is 5.95. The van der Waals surface area contributed by atoms with E-state index < -0.39 is 5.60 Å². The summed E-state index contributed by atoms with van der Waals surface area (Å²) in [5, 5.41) is 10.1. The fraction of sp³-hybridized carbons (Fsp3) is 0.381. The Bertz CT molecular complexity index is 872. The first kappa shape index (κ1) is 17.9. The molecule has 0 radical (unpaired) electrons. The Kier molecular flexibility index (Phi) is 4.61. The number of phenols is 1. The van der Waals surface area contributed by atoms with Gasteiger partial charge < -0.3 is 14.7 Å². The molecular formula is C21H23FN2O3. The Labute approximate surface area is 158 Å². The number of morpholine rings is 1. The van der Waals surface area contributed by atoms with Crippen LogP contribution in [0, 0.1) is 12.7 Å². The third-order valence-electron chi connectivity index (χ3n) is 5.39. The van der Waals surface area contributed by atoms with Crippen molar-refractivity contribution in [1.29, 1.82) is 0 Å². The standard InChI is InChI=1S/C21H23FN2O3/c1-15-5-6-19(25)16(9-15)11-23-8-7-21(13-23)14-24(20(26)12-27-21)18-4-2-3-17(22)10-18/h2-6,9-10,25H,7-8,11-14H2,1H3. The van der Waals surface area contributed by atoms with Crippen molar-refractivity contribution in [2.45, 2.75) is 25.5 Å². The number of halogens is 1. The number of ether oxygens (including phenoxy) is 1. The average Bonchev–Trinajstić information content (AvgIpc) is 3.03. The average molecular weight is 370 g/mol. The largest absolute Gasteiger partial charge is 0.508 e. The number of phenolic OH excluding ortho intramolecular Hbond substituents is 1. The lowest BCUT2D eigenvalue weighted by Crippen LogP contribution is -2.56. The van der Waals surface area contributed by atoms with Gasteiger partial charge in [0.25, 0.3) is 5.91 Å². The van der Waals surface area contributed by atoms with E-state index >= 15 is 0 Å². The summed E-state index contributed by atoms with van der Waals surface area (Å²) in [7, 11) is 0. The highest BCUT2D eigenvalue weighted by Crippen LogP contribution is 2.33. The van der Waals surface area contributed by atoms with Gasteiger partial charge in [-0.3, -0.25) is 9.69 Å². The fourth-order valence-corrected chi connectivity index (χ4v) is 3.99. The summed E-state index contributed by atoms with van der Waals surface area (Å²) in [6.07, 6.45) is 0.790. The lowest BCUT2D eigenvalue weighted by Gasteiger charge is -2.40. The molecule has 2 aromatic rings. The second-order valence-electron chi connectivity index (χ2n) is 7.52. The number of aryl methyl sites for hydroxylation is 1. The monoisotopic (exact) mass is 370 g/mol. The van der Waals surface area contributed by atoms with Gasteiger partial charge in [0.05, 0.1) is 6.54 Å². The van der Waals surface area contributed by atoms with E-state index in [1.807, 2.05) is 19.1 Å². The van der Waals surface area contributed by atoms with Crippen molar-refractivity contribution in [2.24, 2.45) is 0 Å². The van der Waals surface area contributed by atoms with Crippen LogP contribution in [0.3, 0.4) is 0 Å². The zero-order valence-electron chi connectivity index (χ0n) is 15.3. The van der Waals surface area contributed by atoms with Gasteiger partial charge in [0.1, 0.15) is 23.8 Å². The number of carbonyl (C=O) groups is 1. The van der Waals surface area contributed by atoms with Crippen LogP contribution in [-0.4, -0.2) is 47.8 Å². The summed E-state index contributed by atoms with van der Waals surface area (Å²) in [4.78, 5) is 16.2. The molecule has 5 nitrogen and oxygen atoms in total. The Balaban J connectivity index is 1.49. The van der Waals surface area contributed by atoms with Gasteiger partial charge in [-0.05, 0) is 37.6 Å². The molecule has 1 unspecified atom stereocenters. The molecule has 2 aromatic carbocycles. The molecule has 2 saturated heterocycles.